The van der Waals surface area contributed by atoms with Crippen LogP contribution in [0.25, 0.3) is 0 Å². The molecule has 1 aromatic heterocycles. The smallest absolute Gasteiger partial charge is 0.254 e. The molecule has 0 saturated carbocycles. The van der Waals surface area contributed by atoms with Crippen LogP contribution < -0.4 is 10.6 Å². The van der Waals surface area contributed by atoms with Gasteiger partial charge in [0.1, 0.15) is 6.26 Å². The van der Waals surface area contributed by atoms with Gasteiger partial charge in [0.2, 0.25) is 5.91 Å². The number of amides is 2. The van der Waals surface area contributed by atoms with Gasteiger partial charge in [0.25, 0.3) is 5.91 Å². The first-order valence-electron chi connectivity index (χ1n) is 5.33. The van der Waals surface area contributed by atoms with Gasteiger partial charge >= 0.3 is 0 Å². The van der Waals surface area contributed by atoms with Crippen molar-refractivity contribution in [3.63, 3.8) is 0 Å². The summed E-state index contributed by atoms with van der Waals surface area (Å²) in [6.07, 6.45) is 4.27. The van der Waals surface area contributed by atoms with Crippen LogP contribution in [0.15, 0.2) is 23.0 Å². The lowest BCUT2D eigenvalue weighted by Gasteiger charge is -2.07. The molecular formula is C11H14N2O3. The van der Waals surface area contributed by atoms with Crippen LogP contribution in [0.1, 0.15) is 23.2 Å². The summed E-state index contributed by atoms with van der Waals surface area (Å²) in [5.41, 5.74) is 0.528. The zero-order valence-corrected chi connectivity index (χ0v) is 8.86. The average Bonchev–Trinajstić information content (AvgIpc) is 2.89. The monoisotopic (exact) mass is 222 g/mol. The van der Waals surface area contributed by atoms with Gasteiger partial charge in [-0.25, -0.2) is 0 Å². The van der Waals surface area contributed by atoms with Crippen LogP contribution in [0.5, 0.6) is 0 Å². The molecule has 5 heteroatoms. The highest BCUT2D eigenvalue weighted by Crippen LogP contribution is 2.12. The third-order valence-electron chi connectivity index (χ3n) is 2.68. The van der Waals surface area contributed by atoms with Crippen LogP contribution >= 0.6 is 0 Å². The van der Waals surface area contributed by atoms with E-state index in [0.717, 1.165) is 13.0 Å². The van der Waals surface area contributed by atoms with E-state index in [1.807, 2.05) is 0 Å². The Morgan fingerprint density at radius 3 is 3.12 bits per heavy atom. The predicted molar refractivity (Wildman–Crippen MR) is 56.8 cm³/mol. The number of carbonyl (C=O) groups is 2. The molecule has 2 amide bonds. The summed E-state index contributed by atoms with van der Waals surface area (Å²) in [7, 11) is 0. The zero-order valence-electron chi connectivity index (χ0n) is 8.86. The summed E-state index contributed by atoms with van der Waals surface area (Å²) in [5, 5.41) is 5.56. The molecule has 1 unspecified atom stereocenters. The van der Waals surface area contributed by atoms with Gasteiger partial charge in [-0.1, -0.05) is 0 Å². The molecule has 2 N–H and O–H groups in total. The Hall–Kier alpha value is -1.78. The fourth-order valence-corrected chi connectivity index (χ4v) is 1.75. The minimum absolute atomic E-state index is 0.103. The molecule has 2 rings (SSSR count). The Bertz CT molecular complexity index is 373. The number of hydrogen-bond acceptors (Lipinski definition) is 3. The molecule has 1 atom stereocenters. The van der Waals surface area contributed by atoms with Crippen molar-refractivity contribution in [3.05, 3.63) is 24.2 Å². The van der Waals surface area contributed by atoms with E-state index < -0.39 is 0 Å². The molecule has 1 aliphatic heterocycles. The molecule has 0 aromatic carbocycles. The highest BCUT2D eigenvalue weighted by Gasteiger charge is 2.20. The molecule has 5 nitrogen and oxygen atoms in total. The van der Waals surface area contributed by atoms with Crippen LogP contribution in [-0.4, -0.2) is 24.9 Å². The number of rotatable bonds is 4. The van der Waals surface area contributed by atoms with Crippen molar-refractivity contribution >= 4 is 11.8 Å². The summed E-state index contributed by atoms with van der Waals surface area (Å²) >= 11 is 0. The first kappa shape index (κ1) is 10.7. The fourth-order valence-electron chi connectivity index (χ4n) is 1.75. The van der Waals surface area contributed by atoms with Gasteiger partial charge in [-0.05, 0) is 18.4 Å². The summed E-state index contributed by atoms with van der Waals surface area (Å²) in [5.74, 6) is 0.314. The van der Waals surface area contributed by atoms with Crippen LogP contribution in [0.4, 0.5) is 0 Å². The quantitative estimate of drug-likeness (QED) is 0.780. The predicted octanol–water partition coefficient (Wildman–Crippen LogP) is 0.536. The Morgan fingerprint density at radius 2 is 2.50 bits per heavy atom. The standard InChI is InChI=1S/C11H14N2O3/c14-10-5-8(6-13-10)1-3-12-11(15)9-2-4-16-7-9/h2,4,7-8H,1,3,5-6H2,(H,12,15)(H,13,14). The van der Waals surface area contributed by atoms with E-state index in [4.69, 9.17) is 4.42 Å². The lowest BCUT2D eigenvalue weighted by atomic mass is 10.1. The van der Waals surface area contributed by atoms with Crippen molar-refractivity contribution in [1.29, 1.82) is 0 Å². The molecule has 0 radical (unpaired) electrons. The number of hydrogen-bond donors (Lipinski definition) is 2. The summed E-state index contributed by atoms with van der Waals surface area (Å²) in [6, 6.07) is 1.62. The normalized spacial score (nSPS) is 19.5. The maximum atomic E-state index is 11.5. The highest BCUT2D eigenvalue weighted by molar-refractivity contribution is 5.93. The largest absolute Gasteiger partial charge is 0.472 e. The molecular weight excluding hydrogens is 208 g/mol. The summed E-state index contributed by atoms with van der Waals surface area (Å²) < 4.78 is 4.81. The van der Waals surface area contributed by atoms with E-state index in [0.29, 0.717) is 24.4 Å². The van der Waals surface area contributed by atoms with E-state index in [1.54, 1.807) is 6.07 Å². The van der Waals surface area contributed by atoms with Crippen molar-refractivity contribution in [2.45, 2.75) is 12.8 Å². The molecule has 16 heavy (non-hydrogen) atoms. The van der Waals surface area contributed by atoms with E-state index in [2.05, 4.69) is 10.6 Å². The van der Waals surface area contributed by atoms with Crippen molar-refractivity contribution in [1.82, 2.24) is 10.6 Å². The molecule has 1 saturated heterocycles. The fraction of sp³-hybridized carbons (Fsp3) is 0.455. The lowest BCUT2D eigenvalue weighted by Crippen LogP contribution is -2.26. The van der Waals surface area contributed by atoms with Gasteiger partial charge in [0, 0.05) is 19.5 Å². The lowest BCUT2D eigenvalue weighted by molar-refractivity contribution is -0.119. The Kier molecular flexibility index (Phi) is 3.24. The minimum Gasteiger partial charge on any atom is -0.472 e. The topological polar surface area (TPSA) is 71.3 Å². The van der Waals surface area contributed by atoms with Gasteiger partial charge in [0.15, 0.2) is 0 Å². The van der Waals surface area contributed by atoms with Crippen molar-refractivity contribution in [2.75, 3.05) is 13.1 Å². The van der Waals surface area contributed by atoms with Gasteiger partial charge in [-0.15, -0.1) is 0 Å². The molecule has 2 heterocycles. The molecule has 86 valence electrons. The van der Waals surface area contributed by atoms with Gasteiger partial charge in [-0.3, -0.25) is 9.59 Å². The maximum Gasteiger partial charge on any atom is 0.254 e. The van der Waals surface area contributed by atoms with Crippen LogP contribution in [-0.2, 0) is 4.79 Å². The second-order valence-electron chi connectivity index (χ2n) is 3.93. The minimum atomic E-state index is -0.133. The first-order chi connectivity index (χ1) is 7.75. The van der Waals surface area contributed by atoms with Crippen LogP contribution in [0.2, 0.25) is 0 Å². The second-order valence-corrected chi connectivity index (χ2v) is 3.93. The van der Waals surface area contributed by atoms with Crippen molar-refractivity contribution in [3.8, 4) is 0 Å². The summed E-state index contributed by atoms with van der Waals surface area (Å²) in [4.78, 5) is 22.4. The first-order valence-corrected chi connectivity index (χ1v) is 5.33. The molecule has 1 aliphatic rings. The average molecular weight is 222 g/mol. The third-order valence-corrected chi connectivity index (χ3v) is 2.68. The van der Waals surface area contributed by atoms with Crippen LogP contribution in [0.3, 0.4) is 0 Å². The van der Waals surface area contributed by atoms with Crippen molar-refractivity contribution in [2.24, 2.45) is 5.92 Å². The molecule has 1 aromatic rings. The Balaban J connectivity index is 1.68. The van der Waals surface area contributed by atoms with E-state index >= 15 is 0 Å². The van der Waals surface area contributed by atoms with E-state index in [-0.39, 0.29) is 11.8 Å². The van der Waals surface area contributed by atoms with Gasteiger partial charge < -0.3 is 15.1 Å². The van der Waals surface area contributed by atoms with Gasteiger partial charge in [0.05, 0.1) is 11.8 Å². The maximum absolute atomic E-state index is 11.5. The Labute approximate surface area is 93.2 Å². The summed E-state index contributed by atoms with van der Waals surface area (Å²) in [6.45, 7) is 1.31. The second kappa shape index (κ2) is 4.83. The zero-order chi connectivity index (χ0) is 11.4. The number of furan rings is 1. The third kappa shape index (κ3) is 2.62. The van der Waals surface area contributed by atoms with E-state index in [1.165, 1.54) is 12.5 Å². The SMILES string of the molecule is O=C1CC(CCNC(=O)c2ccoc2)CN1. The highest BCUT2D eigenvalue weighted by atomic mass is 16.3. The Morgan fingerprint density at radius 1 is 1.62 bits per heavy atom. The van der Waals surface area contributed by atoms with E-state index in [9.17, 15) is 9.59 Å². The van der Waals surface area contributed by atoms with Crippen molar-refractivity contribution < 1.29 is 14.0 Å². The molecule has 0 spiro atoms. The molecule has 0 bridgehead atoms. The molecule has 0 aliphatic carbocycles. The number of carbonyl (C=O) groups excluding carboxylic acids is 2. The molecule has 1 fully saturated rings. The van der Waals surface area contributed by atoms with Crippen LogP contribution in [0, 0.1) is 5.92 Å². The van der Waals surface area contributed by atoms with Gasteiger partial charge in [-0.2, -0.15) is 0 Å². The number of nitrogens with one attached hydrogen (secondary N) is 2.